The van der Waals surface area contributed by atoms with Gasteiger partial charge in [0.05, 0.1) is 6.10 Å². The molecule has 1 fully saturated rings. The molecule has 18 heavy (non-hydrogen) atoms. The zero-order valence-corrected chi connectivity index (χ0v) is 10.3. The number of benzene rings is 1. The lowest BCUT2D eigenvalue weighted by atomic mass is 10.0. The molecule has 0 spiro atoms. The van der Waals surface area contributed by atoms with Gasteiger partial charge in [-0.1, -0.05) is 24.6 Å². The summed E-state index contributed by atoms with van der Waals surface area (Å²) in [6.45, 7) is 0.496. The molecule has 0 heterocycles. The molecular weight excluding hydrogens is 233 g/mol. The Morgan fingerprint density at radius 2 is 2.11 bits per heavy atom. The molecule has 0 aromatic heterocycles. The van der Waals surface area contributed by atoms with Gasteiger partial charge >= 0.3 is 0 Å². The number of halogens is 1. The van der Waals surface area contributed by atoms with E-state index in [9.17, 15) is 14.6 Å². The molecule has 1 saturated carbocycles. The Kier molecular flexibility index (Phi) is 4.69. The highest BCUT2D eigenvalue weighted by molar-refractivity contribution is 5.20. The molecule has 3 unspecified atom stereocenters. The van der Waals surface area contributed by atoms with E-state index < -0.39 is 6.10 Å². The van der Waals surface area contributed by atoms with Crippen LogP contribution < -0.4 is 5.32 Å². The van der Waals surface area contributed by atoms with Gasteiger partial charge in [0, 0.05) is 24.8 Å². The highest BCUT2D eigenvalue weighted by Gasteiger charge is 2.26. The van der Waals surface area contributed by atoms with Gasteiger partial charge in [-0.25, -0.2) is 4.39 Å². The zero-order valence-electron chi connectivity index (χ0n) is 10.3. The number of hydrogen-bond donors (Lipinski definition) is 3. The fourth-order valence-electron chi connectivity index (χ4n) is 2.64. The Labute approximate surface area is 107 Å². The third-order valence-corrected chi connectivity index (χ3v) is 3.73. The van der Waals surface area contributed by atoms with Crippen LogP contribution in [0.1, 0.15) is 30.9 Å². The molecule has 3 N–H and O–H groups in total. The first-order chi connectivity index (χ1) is 8.72. The van der Waals surface area contributed by atoms with Crippen LogP contribution in [-0.2, 0) is 0 Å². The van der Waals surface area contributed by atoms with Crippen molar-refractivity contribution in [3.63, 3.8) is 0 Å². The number of rotatable bonds is 5. The molecule has 100 valence electrons. The third kappa shape index (κ3) is 3.07. The number of aliphatic hydroxyl groups excluding tert-OH is 2. The maximum absolute atomic E-state index is 13.5. The molecule has 1 aromatic rings. The van der Waals surface area contributed by atoms with E-state index >= 15 is 0 Å². The Balaban J connectivity index is 1.88. The van der Waals surface area contributed by atoms with Crippen molar-refractivity contribution in [3.8, 4) is 0 Å². The standard InChI is InChI=1S/C14H20FNO2/c15-12-6-2-1-5-11(12)14(18)8-16-13-7-3-4-10(13)9-17/h1-2,5-6,10,13-14,16-18H,3-4,7-9H2. The predicted octanol–water partition coefficient (Wildman–Crippen LogP) is 1.61. The molecule has 0 aliphatic heterocycles. The normalized spacial score (nSPS) is 25.3. The summed E-state index contributed by atoms with van der Waals surface area (Å²) >= 11 is 0. The summed E-state index contributed by atoms with van der Waals surface area (Å²) in [7, 11) is 0. The summed E-state index contributed by atoms with van der Waals surface area (Å²) < 4.78 is 13.5. The van der Waals surface area contributed by atoms with Gasteiger partial charge in [-0.3, -0.25) is 0 Å². The van der Waals surface area contributed by atoms with E-state index in [1.54, 1.807) is 18.2 Å². The Hall–Kier alpha value is -0.970. The van der Waals surface area contributed by atoms with Crippen molar-refractivity contribution in [3.05, 3.63) is 35.6 Å². The summed E-state index contributed by atoms with van der Waals surface area (Å²) in [4.78, 5) is 0. The van der Waals surface area contributed by atoms with E-state index in [0.29, 0.717) is 12.1 Å². The highest BCUT2D eigenvalue weighted by Crippen LogP contribution is 2.25. The Bertz CT molecular complexity index is 386. The lowest BCUT2D eigenvalue weighted by Gasteiger charge is -2.21. The monoisotopic (exact) mass is 253 g/mol. The molecule has 0 radical (unpaired) electrons. The van der Waals surface area contributed by atoms with Gasteiger partial charge < -0.3 is 15.5 Å². The minimum Gasteiger partial charge on any atom is -0.396 e. The molecule has 3 nitrogen and oxygen atoms in total. The first-order valence-electron chi connectivity index (χ1n) is 6.49. The predicted molar refractivity (Wildman–Crippen MR) is 67.6 cm³/mol. The second kappa shape index (κ2) is 6.27. The van der Waals surface area contributed by atoms with Crippen LogP contribution in [0.4, 0.5) is 4.39 Å². The van der Waals surface area contributed by atoms with Crippen LogP contribution in [0, 0.1) is 11.7 Å². The van der Waals surface area contributed by atoms with Crippen molar-refractivity contribution in [1.82, 2.24) is 5.32 Å². The molecule has 1 aromatic carbocycles. The van der Waals surface area contributed by atoms with Gasteiger partial charge in [0.1, 0.15) is 5.82 Å². The first-order valence-corrected chi connectivity index (χ1v) is 6.49. The lowest BCUT2D eigenvalue weighted by molar-refractivity contribution is 0.151. The highest BCUT2D eigenvalue weighted by atomic mass is 19.1. The summed E-state index contributed by atoms with van der Waals surface area (Å²) in [5.41, 5.74) is 0.323. The lowest BCUT2D eigenvalue weighted by Crippen LogP contribution is -2.36. The van der Waals surface area contributed by atoms with Crippen molar-refractivity contribution >= 4 is 0 Å². The topological polar surface area (TPSA) is 52.5 Å². The van der Waals surface area contributed by atoms with E-state index in [1.807, 2.05) is 0 Å². The average molecular weight is 253 g/mol. The Morgan fingerprint density at radius 1 is 1.33 bits per heavy atom. The molecule has 2 rings (SSSR count). The molecule has 1 aliphatic carbocycles. The second-order valence-corrected chi connectivity index (χ2v) is 4.93. The average Bonchev–Trinajstić information content (AvgIpc) is 2.84. The SMILES string of the molecule is OCC1CCCC1NCC(O)c1ccccc1F. The molecule has 3 atom stereocenters. The summed E-state index contributed by atoms with van der Waals surface area (Å²) in [6, 6.07) is 6.51. The summed E-state index contributed by atoms with van der Waals surface area (Å²) in [5, 5.41) is 22.4. The number of hydrogen-bond acceptors (Lipinski definition) is 3. The van der Waals surface area contributed by atoms with Gasteiger partial charge in [-0.15, -0.1) is 0 Å². The maximum atomic E-state index is 13.5. The smallest absolute Gasteiger partial charge is 0.129 e. The fraction of sp³-hybridized carbons (Fsp3) is 0.571. The van der Waals surface area contributed by atoms with E-state index in [4.69, 9.17) is 0 Å². The van der Waals surface area contributed by atoms with Gasteiger partial charge in [0.2, 0.25) is 0 Å². The van der Waals surface area contributed by atoms with Crippen LogP contribution in [0.25, 0.3) is 0 Å². The summed E-state index contributed by atoms with van der Waals surface area (Å²) in [5.74, 6) is -0.116. The van der Waals surface area contributed by atoms with Gasteiger partial charge in [-0.2, -0.15) is 0 Å². The minimum absolute atomic E-state index is 0.174. The van der Waals surface area contributed by atoms with Crippen LogP contribution in [0.5, 0.6) is 0 Å². The second-order valence-electron chi connectivity index (χ2n) is 4.93. The van der Waals surface area contributed by atoms with Crippen molar-refractivity contribution in [2.24, 2.45) is 5.92 Å². The number of aliphatic hydroxyl groups is 2. The van der Waals surface area contributed by atoms with Crippen molar-refractivity contribution in [2.75, 3.05) is 13.2 Å². The quantitative estimate of drug-likeness (QED) is 0.747. The maximum Gasteiger partial charge on any atom is 0.129 e. The van der Waals surface area contributed by atoms with E-state index in [-0.39, 0.29) is 24.4 Å². The molecule has 4 heteroatoms. The van der Waals surface area contributed by atoms with Crippen LogP contribution >= 0.6 is 0 Å². The third-order valence-electron chi connectivity index (χ3n) is 3.73. The van der Waals surface area contributed by atoms with Crippen LogP contribution in [0.2, 0.25) is 0 Å². The van der Waals surface area contributed by atoms with Gasteiger partial charge in [0.15, 0.2) is 0 Å². The van der Waals surface area contributed by atoms with Crippen LogP contribution in [0.15, 0.2) is 24.3 Å². The van der Waals surface area contributed by atoms with E-state index in [1.165, 1.54) is 6.07 Å². The largest absolute Gasteiger partial charge is 0.396 e. The minimum atomic E-state index is -0.842. The van der Waals surface area contributed by atoms with Crippen molar-refractivity contribution < 1.29 is 14.6 Å². The molecule has 0 saturated heterocycles. The van der Waals surface area contributed by atoms with Crippen molar-refractivity contribution in [1.29, 1.82) is 0 Å². The first kappa shape index (κ1) is 13.5. The summed E-state index contributed by atoms with van der Waals surface area (Å²) in [6.07, 6.45) is 2.28. The number of nitrogens with one attached hydrogen (secondary N) is 1. The molecule has 0 bridgehead atoms. The Morgan fingerprint density at radius 3 is 2.83 bits per heavy atom. The van der Waals surface area contributed by atoms with Gasteiger partial charge in [0.25, 0.3) is 0 Å². The molecular formula is C14H20FNO2. The van der Waals surface area contributed by atoms with Crippen LogP contribution in [-0.4, -0.2) is 29.4 Å². The fourth-order valence-corrected chi connectivity index (χ4v) is 2.64. The van der Waals surface area contributed by atoms with Gasteiger partial charge in [-0.05, 0) is 24.8 Å². The van der Waals surface area contributed by atoms with E-state index in [2.05, 4.69) is 5.32 Å². The molecule has 0 amide bonds. The molecule has 1 aliphatic rings. The van der Waals surface area contributed by atoms with E-state index in [0.717, 1.165) is 19.3 Å². The van der Waals surface area contributed by atoms with Crippen molar-refractivity contribution in [2.45, 2.75) is 31.4 Å². The van der Waals surface area contributed by atoms with Crippen LogP contribution in [0.3, 0.4) is 0 Å². The zero-order chi connectivity index (χ0) is 13.0.